The van der Waals surface area contributed by atoms with Crippen LogP contribution in [0.15, 0.2) is 18.2 Å². The summed E-state index contributed by atoms with van der Waals surface area (Å²) < 4.78 is 10.6. The molecule has 1 aromatic carbocycles. The maximum atomic E-state index is 12.2. The van der Waals surface area contributed by atoms with Gasteiger partial charge in [-0.05, 0) is 31.0 Å². The Hall–Kier alpha value is -2.08. The SMILES string of the molecule is Cc1cccc(OCC(=O)N2CCOCC2C(=O)O)c1C. The predicted molar refractivity (Wildman–Crippen MR) is 75.4 cm³/mol. The number of carbonyl (C=O) groups excluding carboxylic acids is 1. The van der Waals surface area contributed by atoms with Gasteiger partial charge >= 0.3 is 5.97 Å². The van der Waals surface area contributed by atoms with Crippen LogP contribution in [0.4, 0.5) is 0 Å². The monoisotopic (exact) mass is 293 g/mol. The molecule has 6 heteroatoms. The summed E-state index contributed by atoms with van der Waals surface area (Å²) in [5.74, 6) is -0.759. The lowest BCUT2D eigenvalue weighted by atomic mass is 10.1. The molecule has 0 bridgehead atoms. The van der Waals surface area contributed by atoms with Crippen molar-refractivity contribution in [2.75, 3.05) is 26.4 Å². The number of nitrogens with zero attached hydrogens (tertiary/aromatic N) is 1. The molecule has 1 unspecified atom stereocenters. The van der Waals surface area contributed by atoms with E-state index in [0.29, 0.717) is 12.4 Å². The van der Waals surface area contributed by atoms with Crippen molar-refractivity contribution in [1.82, 2.24) is 4.90 Å². The zero-order valence-corrected chi connectivity index (χ0v) is 12.2. The fourth-order valence-corrected chi connectivity index (χ4v) is 2.21. The lowest BCUT2D eigenvalue weighted by molar-refractivity contribution is -0.159. The third-order valence-electron chi connectivity index (χ3n) is 3.64. The zero-order chi connectivity index (χ0) is 15.4. The average Bonchev–Trinajstić information content (AvgIpc) is 2.48. The smallest absolute Gasteiger partial charge is 0.328 e. The van der Waals surface area contributed by atoms with Crippen LogP contribution in [-0.4, -0.2) is 54.3 Å². The number of morpholine rings is 1. The second-order valence-corrected chi connectivity index (χ2v) is 5.00. The lowest BCUT2D eigenvalue weighted by Gasteiger charge is -2.32. The lowest BCUT2D eigenvalue weighted by Crippen LogP contribution is -2.53. The summed E-state index contributed by atoms with van der Waals surface area (Å²) in [5.41, 5.74) is 2.05. The molecule has 0 aliphatic carbocycles. The van der Waals surface area contributed by atoms with Gasteiger partial charge in [-0.3, -0.25) is 4.79 Å². The molecule has 1 fully saturated rings. The quantitative estimate of drug-likeness (QED) is 0.896. The second-order valence-electron chi connectivity index (χ2n) is 5.00. The first-order valence-electron chi connectivity index (χ1n) is 6.79. The summed E-state index contributed by atoms with van der Waals surface area (Å²) in [6, 6.07) is 4.68. The number of hydrogen-bond donors (Lipinski definition) is 1. The number of carbonyl (C=O) groups is 2. The highest BCUT2D eigenvalue weighted by Crippen LogP contribution is 2.20. The van der Waals surface area contributed by atoms with Gasteiger partial charge in [0.1, 0.15) is 5.75 Å². The molecule has 21 heavy (non-hydrogen) atoms. The largest absolute Gasteiger partial charge is 0.483 e. The van der Waals surface area contributed by atoms with E-state index in [1.54, 1.807) is 6.07 Å². The van der Waals surface area contributed by atoms with Gasteiger partial charge in [-0.1, -0.05) is 12.1 Å². The highest BCUT2D eigenvalue weighted by molar-refractivity contribution is 5.84. The number of benzene rings is 1. The van der Waals surface area contributed by atoms with Crippen molar-refractivity contribution in [3.63, 3.8) is 0 Å². The molecule has 114 valence electrons. The minimum Gasteiger partial charge on any atom is -0.483 e. The maximum Gasteiger partial charge on any atom is 0.328 e. The number of ether oxygens (including phenoxy) is 2. The molecule has 1 saturated heterocycles. The summed E-state index contributed by atoms with van der Waals surface area (Å²) in [5, 5.41) is 9.11. The second kappa shape index (κ2) is 6.58. The maximum absolute atomic E-state index is 12.2. The highest BCUT2D eigenvalue weighted by Gasteiger charge is 2.32. The van der Waals surface area contributed by atoms with Crippen LogP contribution in [0.2, 0.25) is 0 Å². The Labute approximate surface area is 123 Å². The van der Waals surface area contributed by atoms with Crippen LogP contribution in [0.25, 0.3) is 0 Å². The fraction of sp³-hybridized carbons (Fsp3) is 0.467. The van der Waals surface area contributed by atoms with Gasteiger partial charge in [0.2, 0.25) is 0 Å². The van der Waals surface area contributed by atoms with Gasteiger partial charge in [-0.25, -0.2) is 4.79 Å². The van der Waals surface area contributed by atoms with Crippen molar-refractivity contribution in [3.05, 3.63) is 29.3 Å². The molecule has 1 aromatic rings. The van der Waals surface area contributed by atoms with Gasteiger partial charge in [0.15, 0.2) is 12.6 Å². The summed E-state index contributed by atoms with van der Waals surface area (Å²) in [6.07, 6.45) is 0. The van der Waals surface area contributed by atoms with Gasteiger partial charge in [-0.2, -0.15) is 0 Å². The summed E-state index contributed by atoms with van der Waals surface area (Å²) >= 11 is 0. The summed E-state index contributed by atoms with van der Waals surface area (Å²) in [4.78, 5) is 24.6. The van der Waals surface area contributed by atoms with Crippen molar-refractivity contribution >= 4 is 11.9 Å². The summed E-state index contributed by atoms with van der Waals surface area (Å²) in [6.45, 7) is 4.35. The number of carboxylic acid groups (broad SMARTS) is 1. The highest BCUT2D eigenvalue weighted by atomic mass is 16.5. The minimum absolute atomic E-state index is 0.0184. The number of hydrogen-bond acceptors (Lipinski definition) is 4. The zero-order valence-electron chi connectivity index (χ0n) is 12.2. The molecule has 1 N–H and O–H groups in total. The molecule has 1 aliphatic rings. The van der Waals surface area contributed by atoms with E-state index < -0.39 is 12.0 Å². The standard InChI is InChI=1S/C15H19NO5/c1-10-4-3-5-13(11(10)2)21-9-14(17)16-6-7-20-8-12(16)15(18)19/h3-5,12H,6-9H2,1-2H3,(H,18,19). The normalized spacial score (nSPS) is 18.4. The number of amides is 1. The Morgan fingerprint density at radius 2 is 2.19 bits per heavy atom. The molecule has 0 spiro atoms. The van der Waals surface area contributed by atoms with E-state index in [0.717, 1.165) is 11.1 Å². The first kappa shape index (κ1) is 15.3. The Bertz CT molecular complexity index is 543. The van der Waals surface area contributed by atoms with E-state index >= 15 is 0 Å². The van der Waals surface area contributed by atoms with Crippen LogP contribution in [0.1, 0.15) is 11.1 Å². The van der Waals surface area contributed by atoms with E-state index in [1.165, 1.54) is 4.90 Å². The third-order valence-corrected chi connectivity index (χ3v) is 3.64. The molecule has 0 aromatic heterocycles. The van der Waals surface area contributed by atoms with E-state index in [1.807, 2.05) is 26.0 Å². The fourth-order valence-electron chi connectivity index (χ4n) is 2.21. The van der Waals surface area contributed by atoms with Crippen LogP contribution in [-0.2, 0) is 14.3 Å². The number of rotatable bonds is 4. The Morgan fingerprint density at radius 1 is 1.43 bits per heavy atom. The number of carboxylic acids is 1. The van der Waals surface area contributed by atoms with Crippen molar-refractivity contribution in [2.24, 2.45) is 0 Å². The van der Waals surface area contributed by atoms with E-state index in [9.17, 15) is 9.59 Å². The van der Waals surface area contributed by atoms with Crippen molar-refractivity contribution in [3.8, 4) is 5.75 Å². The Balaban J connectivity index is 2.00. The van der Waals surface area contributed by atoms with Crippen molar-refractivity contribution in [1.29, 1.82) is 0 Å². The van der Waals surface area contributed by atoms with Crippen molar-refractivity contribution in [2.45, 2.75) is 19.9 Å². The van der Waals surface area contributed by atoms with E-state index in [-0.39, 0.29) is 25.7 Å². The van der Waals surface area contributed by atoms with Gasteiger partial charge in [0.05, 0.1) is 13.2 Å². The van der Waals surface area contributed by atoms with Crippen LogP contribution >= 0.6 is 0 Å². The van der Waals surface area contributed by atoms with Crippen molar-refractivity contribution < 1.29 is 24.2 Å². The van der Waals surface area contributed by atoms with Gasteiger partial charge < -0.3 is 19.5 Å². The van der Waals surface area contributed by atoms with Crippen LogP contribution < -0.4 is 4.74 Å². The van der Waals surface area contributed by atoms with Gasteiger partial charge in [-0.15, -0.1) is 0 Å². The minimum atomic E-state index is -1.06. The van der Waals surface area contributed by atoms with Gasteiger partial charge in [0, 0.05) is 6.54 Å². The topological polar surface area (TPSA) is 76.1 Å². The Kier molecular flexibility index (Phi) is 4.80. The first-order valence-corrected chi connectivity index (χ1v) is 6.79. The molecule has 1 aliphatic heterocycles. The van der Waals surface area contributed by atoms with Crippen LogP contribution in [0.5, 0.6) is 5.75 Å². The van der Waals surface area contributed by atoms with E-state index in [4.69, 9.17) is 14.6 Å². The third kappa shape index (κ3) is 3.52. The number of aliphatic carboxylic acids is 1. The van der Waals surface area contributed by atoms with E-state index in [2.05, 4.69) is 0 Å². The summed E-state index contributed by atoms with van der Waals surface area (Å²) in [7, 11) is 0. The van der Waals surface area contributed by atoms with Crippen LogP contribution in [0, 0.1) is 13.8 Å². The first-order chi connectivity index (χ1) is 10.0. The molecule has 1 heterocycles. The molecule has 1 atom stereocenters. The number of aryl methyl sites for hydroxylation is 1. The van der Waals surface area contributed by atoms with Gasteiger partial charge in [0.25, 0.3) is 5.91 Å². The van der Waals surface area contributed by atoms with Crippen LogP contribution in [0.3, 0.4) is 0 Å². The molecule has 6 nitrogen and oxygen atoms in total. The molecular weight excluding hydrogens is 274 g/mol. The Morgan fingerprint density at radius 3 is 2.90 bits per heavy atom. The molecule has 1 amide bonds. The molecule has 0 saturated carbocycles. The average molecular weight is 293 g/mol. The molecular formula is C15H19NO5. The predicted octanol–water partition coefficient (Wildman–Crippen LogP) is 0.994. The molecule has 2 rings (SSSR count). The molecule has 0 radical (unpaired) electrons.